The van der Waals surface area contributed by atoms with E-state index in [1.54, 1.807) is 0 Å². The fraction of sp³-hybridized carbons (Fsp3) is 0.786. The van der Waals surface area contributed by atoms with Crippen LogP contribution in [0.5, 0.6) is 0 Å². The van der Waals surface area contributed by atoms with Crippen molar-refractivity contribution in [2.45, 2.75) is 36.5 Å². The Morgan fingerprint density at radius 1 is 1.21 bits per heavy atom. The van der Waals surface area contributed by atoms with E-state index in [0.29, 0.717) is 12.8 Å². The predicted octanol–water partition coefficient (Wildman–Crippen LogP) is 0.682. The van der Waals surface area contributed by atoms with Crippen LogP contribution in [0.25, 0.3) is 0 Å². The summed E-state index contributed by atoms with van der Waals surface area (Å²) in [5, 5.41) is -5.89. The Kier molecular flexibility index (Phi) is 5.05. The molecule has 2 bridgehead atoms. The normalized spacial score (nSPS) is 32.1. The first-order valence-electron chi connectivity index (χ1n) is 8.12. The fourth-order valence-corrected chi connectivity index (χ4v) is 4.63. The molecule has 0 spiro atoms. The van der Waals surface area contributed by atoms with Gasteiger partial charge in [0, 0.05) is 5.92 Å². The molecule has 1 N–H and O–H groups in total. The van der Waals surface area contributed by atoms with Crippen LogP contribution in [0.15, 0.2) is 0 Å². The van der Waals surface area contributed by atoms with E-state index >= 15 is 0 Å². The van der Waals surface area contributed by atoms with Crippen molar-refractivity contribution in [1.82, 2.24) is 0 Å². The molecule has 6 unspecified atom stereocenters. The minimum Gasteiger partial charge on any atom is -0.462 e. The molecule has 1 heterocycles. The fourth-order valence-electron chi connectivity index (χ4n) is 4.18. The highest BCUT2D eigenvalue weighted by Gasteiger charge is 2.66. The molecule has 0 aromatic carbocycles. The van der Waals surface area contributed by atoms with Crippen LogP contribution < -0.4 is 0 Å². The van der Waals surface area contributed by atoms with Crippen LogP contribution in [0.1, 0.15) is 12.8 Å². The van der Waals surface area contributed by atoms with Crippen LogP contribution in [0.3, 0.4) is 0 Å². The summed E-state index contributed by atoms with van der Waals surface area (Å²) in [6, 6.07) is 0. The Bertz CT molecular complexity index is 837. The maximum Gasteiger partial charge on any atom is 0.432 e. The minimum absolute atomic E-state index is 0.208. The van der Waals surface area contributed by atoms with Gasteiger partial charge in [0.05, 0.1) is 11.8 Å². The molecule has 6 atom stereocenters. The van der Waals surface area contributed by atoms with E-state index in [4.69, 9.17) is 9.29 Å². The van der Waals surface area contributed by atoms with Crippen LogP contribution >= 0.6 is 0 Å². The third kappa shape index (κ3) is 3.65. The number of alkyl halides is 5. The van der Waals surface area contributed by atoms with Gasteiger partial charge in [-0.05, 0) is 18.8 Å². The Labute approximate surface area is 159 Å². The Morgan fingerprint density at radius 3 is 2.38 bits per heavy atom. The number of hydrogen-bond donors (Lipinski definition) is 1. The molecule has 1 aliphatic heterocycles. The highest BCUT2D eigenvalue weighted by atomic mass is 32.2. The van der Waals surface area contributed by atoms with E-state index in [2.05, 4.69) is 9.47 Å². The number of hydrogen-bond acceptors (Lipinski definition) is 8. The van der Waals surface area contributed by atoms with Crippen molar-refractivity contribution in [1.29, 1.82) is 0 Å². The number of fused-ring (bicyclic) bond motifs is 1. The first kappa shape index (κ1) is 21.7. The average Bonchev–Trinajstić information content (AvgIpc) is 3.17. The zero-order valence-electron chi connectivity index (χ0n) is 14.1. The molecule has 29 heavy (non-hydrogen) atoms. The van der Waals surface area contributed by atoms with E-state index in [1.165, 1.54) is 0 Å². The third-order valence-electron chi connectivity index (χ3n) is 5.28. The molecule has 3 rings (SSSR count). The van der Waals surface area contributed by atoms with Crippen LogP contribution in [0.4, 0.5) is 22.0 Å². The summed E-state index contributed by atoms with van der Waals surface area (Å²) >= 11 is 0. The molecular weight excluding hydrogens is 439 g/mol. The highest BCUT2D eigenvalue weighted by molar-refractivity contribution is 7.86. The number of ether oxygens (including phenoxy) is 3. The van der Waals surface area contributed by atoms with Crippen molar-refractivity contribution in [3.8, 4) is 0 Å². The second-order valence-corrected chi connectivity index (χ2v) is 8.47. The topological polar surface area (TPSA) is 133 Å². The van der Waals surface area contributed by atoms with Gasteiger partial charge in [-0.15, -0.1) is 0 Å². The molecule has 0 aromatic heterocycles. The van der Waals surface area contributed by atoms with Crippen molar-refractivity contribution in [3.05, 3.63) is 0 Å². The van der Waals surface area contributed by atoms with Crippen LogP contribution in [-0.4, -0.2) is 61.1 Å². The summed E-state index contributed by atoms with van der Waals surface area (Å²) in [6.07, 6.45) is -10.0. The van der Waals surface area contributed by atoms with Gasteiger partial charge in [0.25, 0.3) is 6.10 Å². The van der Waals surface area contributed by atoms with E-state index in [-0.39, 0.29) is 17.9 Å². The number of halogens is 5. The van der Waals surface area contributed by atoms with Gasteiger partial charge in [-0.25, -0.2) is 4.79 Å². The smallest absolute Gasteiger partial charge is 0.432 e. The van der Waals surface area contributed by atoms with E-state index < -0.39 is 64.0 Å². The van der Waals surface area contributed by atoms with Crippen LogP contribution in [0, 0.1) is 23.7 Å². The minimum atomic E-state index is -6.58. The first-order chi connectivity index (χ1) is 13.1. The SMILES string of the molecule is O=C(COC(=O)C1C2CC3OC(=O)C1C3C2)OC(C(F)(F)F)C(F)(F)S(=O)(=O)O. The lowest BCUT2D eigenvalue weighted by molar-refractivity contribution is -0.260. The first-order valence-corrected chi connectivity index (χ1v) is 9.56. The Hall–Kier alpha value is -2.03. The van der Waals surface area contributed by atoms with Crippen molar-refractivity contribution in [2.75, 3.05) is 6.61 Å². The lowest BCUT2D eigenvalue weighted by atomic mass is 9.80. The van der Waals surface area contributed by atoms with Gasteiger partial charge in [-0.3, -0.25) is 14.1 Å². The highest BCUT2D eigenvalue weighted by Crippen LogP contribution is 2.57. The van der Waals surface area contributed by atoms with Gasteiger partial charge >= 0.3 is 39.5 Å². The molecule has 0 radical (unpaired) electrons. The molecule has 2 saturated carbocycles. The van der Waals surface area contributed by atoms with Gasteiger partial charge in [-0.1, -0.05) is 0 Å². The molecule has 0 aromatic rings. The summed E-state index contributed by atoms with van der Waals surface area (Å²) in [4.78, 5) is 35.4. The van der Waals surface area contributed by atoms with Crippen molar-refractivity contribution < 1.29 is 63.5 Å². The standard InChI is InChI=1S/C14H13F5O9S/c15-13(16,17)12(14(18,19)29(23,24)25)28-7(20)3-26-10(21)8-4-1-5-6(2-4)27-11(22)9(5)8/h4-6,8-9,12H,1-3H2,(H,23,24,25). The quantitative estimate of drug-likeness (QED) is 0.267. The van der Waals surface area contributed by atoms with Crippen molar-refractivity contribution in [3.63, 3.8) is 0 Å². The molecule has 3 fully saturated rings. The van der Waals surface area contributed by atoms with E-state index in [9.17, 15) is 44.8 Å². The number of esters is 3. The second kappa shape index (κ2) is 6.75. The molecule has 9 nitrogen and oxygen atoms in total. The average molecular weight is 452 g/mol. The zero-order valence-corrected chi connectivity index (χ0v) is 14.9. The molecule has 164 valence electrons. The molecule has 15 heteroatoms. The van der Waals surface area contributed by atoms with Crippen LogP contribution in [0.2, 0.25) is 0 Å². The maximum atomic E-state index is 13.3. The molecule has 2 aliphatic carbocycles. The lowest BCUT2D eigenvalue weighted by Crippen LogP contribution is -2.52. The largest absolute Gasteiger partial charge is 0.462 e. The van der Waals surface area contributed by atoms with Gasteiger partial charge in [-0.2, -0.15) is 30.4 Å². The van der Waals surface area contributed by atoms with Crippen LogP contribution in [-0.2, 0) is 38.7 Å². The molecule has 1 saturated heterocycles. The monoisotopic (exact) mass is 452 g/mol. The number of carbonyl (C=O) groups is 3. The number of rotatable bonds is 6. The predicted molar refractivity (Wildman–Crippen MR) is 76.5 cm³/mol. The van der Waals surface area contributed by atoms with Crippen molar-refractivity contribution >= 4 is 28.0 Å². The summed E-state index contributed by atoms with van der Waals surface area (Å²) in [5.74, 6) is -6.17. The molecule has 0 amide bonds. The molecular formula is C14H13F5O9S. The van der Waals surface area contributed by atoms with Gasteiger partial charge < -0.3 is 14.2 Å². The van der Waals surface area contributed by atoms with E-state index in [1.807, 2.05) is 0 Å². The van der Waals surface area contributed by atoms with Gasteiger partial charge in [0.2, 0.25) is 0 Å². The van der Waals surface area contributed by atoms with E-state index in [0.717, 1.165) is 0 Å². The number of carbonyl (C=O) groups excluding carboxylic acids is 3. The van der Waals surface area contributed by atoms with Crippen molar-refractivity contribution in [2.24, 2.45) is 23.7 Å². The Balaban J connectivity index is 1.63. The summed E-state index contributed by atoms with van der Waals surface area (Å²) in [6.45, 7) is -1.54. The summed E-state index contributed by atoms with van der Waals surface area (Å²) in [5.41, 5.74) is 0. The molecule has 3 aliphatic rings. The second-order valence-electron chi connectivity index (χ2n) is 6.98. The third-order valence-corrected chi connectivity index (χ3v) is 6.19. The summed E-state index contributed by atoms with van der Waals surface area (Å²) in [7, 11) is -6.58. The summed E-state index contributed by atoms with van der Waals surface area (Å²) < 4.78 is 107. The Morgan fingerprint density at radius 2 is 1.83 bits per heavy atom. The lowest BCUT2D eigenvalue weighted by Gasteiger charge is -2.26. The van der Waals surface area contributed by atoms with Gasteiger partial charge in [0.15, 0.2) is 6.61 Å². The maximum absolute atomic E-state index is 13.3. The zero-order chi connectivity index (χ0) is 21.9. The van der Waals surface area contributed by atoms with Gasteiger partial charge in [0.1, 0.15) is 6.10 Å².